The molecule has 0 amide bonds. The van der Waals surface area contributed by atoms with Crippen LogP contribution in [-0.2, 0) is 4.74 Å². The van der Waals surface area contributed by atoms with Gasteiger partial charge in [-0.2, -0.15) is 0 Å². The molecule has 2 nitrogen and oxygen atoms in total. The fraction of sp³-hybridized carbons (Fsp3) is 1.00. The van der Waals surface area contributed by atoms with Gasteiger partial charge in [-0.3, -0.25) is 0 Å². The van der Waals surface area contributed by atoms with Gasteiger partial charge in [0.2, 0.25) is 0 Å². The Morgan fingerprint density at radius 3 is 2.46 bits per heavy atom. The summed E-state index contributed by atoms with van der Waals surface area (Å²) >= 11 is 0. The Balaban J connectivity index is 2.40. The summed E-state index contributed by atoms with van der Waals surface area (Å²) in [6, 6.07) is 0. The predicted molar refractivity (Wildman–Crippen MR) is 55.9 cm³/mol. The van der Waals surface area contributed by atoms with Crippen LogP contribution in [0, 0.1) is 5.41 Å². The molecule has 0 atom stereocenters. The van der Waals surface area contributed by atoms with Gasteiger partial charge >= 0.3 is 0 Å². The van der Waals surface area contributed by atoms with E-state index in [4.69, 9.17) is 4.74 Å². The van der Waals surface area contributed by atoms with Crippen molar-refractivity contribution < 1.29 is 4.74 Å². The van der Waals surface area contributed by atoms with Gasteiger partial charge in [-0.05, 0) is 44.7 Å². The Labute approximate surface area is 82.0 Å². The highest BCUT2D eigenvalue weighted by Crippen LogP contribution is 2.34. The molecule has 0 aliphatic carbocycles. The lowest BCUT2D eigenvalue weighted by Gasteiger charge is -2.37. The van der Waals surface area contributed by atoms with Crippen LogP contribution in [0.1, 0.15) is 39.5 Å². The van der Waals surface area contributed by atoms with Crippen molar-refractivity contribution in [1.29, 1.82) is 0 Å². The molecule has 1 heterocycles. The van der Waals surface area contributed by atoms with Crippen molar-refractivity contribution in [3.8, 4) is 0 Å². The third kappa shape index (κ3) is 3.28. The molecule has 1 rings (SSSR count). The standard InChI is InChI=1S/C11H23NO/c1-3-5-11(10-13-4-2)6-8-12-9-7-11/h12H,3-10H2,1-2H3. The maximum atomic E-state index is 5.60. The number of hydrogen-bond acceptors (Lipinski definition) is 2. The van der Waals surface area contributed by atoms with Gasteiger partial charge in [-0.25, -0.2) is 0 Å². The Morgan fingerprint density at radius 1 is 1.23 bits per heavy atom. The molecular weight excluding hydrogens is 162 g/mol. The van der Waals surface area contributed by atoms with E-state index < -0.39 is 0 Å². The monoisotopic (exact) mass is 185 g/mol. The summed E-state index contributed by atoms with van der Waals surface area (Å²) in [6.45, 7) is 8.54. The zero-order valence-electron chi connectivity index (χ0n) is 9.07. The normalized spacial score (nSPS) is 21.7. The molecule has 78 valence electrons. The zero-order valence-corrected chi connectivity index (χ0v) is 9.07. The predicted octanol–water partition coefficient (Wildman–Crippen LogP) is 2.19. The Kier molecular flexibility index (Phi) is 4.74. The van der Waals surface area contributed by atoms with Gasteiger partial charge in [-0.1, -0.05) is 13.3 Å². The Hall–Kier alpha value is -0.0800. The van der Waals surface area contributed by atoms with Crippen LogP contribution in [0.3, 0.4) is 0 Å². The van der Waals surface area contributed by atoms with Crippen molar-refractivity contribution in [3.63, 3.8) is 0 Å². The van der Waals surface area contributed by atoms with Crippen molar-refractivity contribution in [2.24, 2.45) is 5.41 Å². The minimum absolute atomic E-state index is 0.496. The molecule has 1 N–H and O–H groups in total. The van der Waals surface area contributed by atoms with E-state index in [0.29, 0.717) is 5.41 Å². The molecule has 1 aliphatic rings. The van der Waals surface area contributed by atoms with Crippen LogP contribution >= 0.6 is 0 Å². The summed E-state index contributed by atoms with van der Waals surface area (Å²) in [5, 5.41) is 3.42. The summed E-state index contributed by atoms with van der Waals surface area (Å²) in [5.74, 6) is 0. The fourth-order valence-corrected chi connectivity index (χ4v) is 2.27. The average Bonchev–Trinajstić information content (AvgIpc) is 2.17. The molecule has 0 bridgehead atoms. The van der Waals surface area contributed by atoms with Crippen LogP contribution < -0.4 is 5.32 Å². The highest BCUT2D eigenvalue weighted by molar-refractivity contribution is 4.84. The third-order valence-corrected chi connectivity index (χ3v) is 3.06. The van der Waals surface area contributed by atoms with E-state index in [0.717, 1.165) is 13.2 Å². The third-order valence-electron chi connectivity index (χ3n) is 3.06. The van der Waals surface area contributed by atoms with Crippen LogP contribution in [0.4, 0.5) is 0 Å². The lowest BCUT2D eigenvalue weighted by atomic mass is 9.76. The highest BCUT2D eigenvalue weighted by Gasteiger charge is 2.30. The SMILES string of the molecule is CCCC1(COCC)CCNCC1. The van der Waals surface area contributed by atoms with Crippen LogP contribution in [0.5, 0.6) is 0 Å². The van der Waals surface area contributed by atoms with Crippen molar-refractivity contribution in [1.82, 2.24) is 5.32 Å². The molecule has 0 spiro atoms. The molecule has 0 aromatic carbocycles. The molecule has 2 heteroatoms. The largest absolute Gasteiger partial charge is 0.381 e. The topological polar surface area (TPSA) is 21.3 Å². The molecule has 0 radical (unpaired) electrons. The smallest absolute Gasteiger partial charge is 0.0523 e. The van der Waals surface area contributed by atoms with E-state index in [9.17, 15) is 0 Å². The van der Waals surface area contributed by atoms with Crippen LogP contribution in [0.25, 0.3) is 0 Å². The summed E-state index contributed by atoms with van der Waals surface area (Å²) in [4.78, 5) is 0. The maximum Gasteiger partial charge on any atom is 0.0523 e. The summed E-state index contributed by atoms with van der Waals surface area (Å²) < 4.78 is 5.60. The molecule has 0 aromatic rings. The minimum atomic E-state index is 0.496. The van der Waals surface area contributed by atoms with E-state index in [1.54, 1.807) is 0 Å². The van der Waals surface area contributed by atoms with Gasteiger partial charge in [0.25, 0.3) is 0 Å². The van der Waals surface area contributed by atoms with Crippen molar-refractivity contribution in [3.05, 3.63) is 0 Å². The van der Waals surface area contributed by atoms with Crippen molar-refractivity contribution in [2.45, 2.75) is 39.5 Å². The van der Waals surface area contributed by atoms with E-state index in [2.05, 4.69) is 19.2 Å². The number of rotatable bonds is 5. The van der Waals surface area contributed by atoms with E-state index >= 15 is 0 Å². The van der Waals surface area contributed by atoms with Crippen LogP contribution in [0.15, 0.2) is 0 Å². The first-order valence-electron chi connectivity index (χ1n) is 5.61. The summed E-state index contributed by atoms with van der Waals surface area (Å²) in [5.41, 5.74) is 0.496. The van der Waals surface area contributed by atoms with Crippen molar-refractivity contribution in [2.75, 3.05) is 26.3 Å². The van der Waals surface area contributed by atoms with Gasteiger partial charge in [0.15, 0.2) is 0 Å². The molecule has 0 saturated carbocycles. The number of piperidine rings is 1. The van der Waals surface area contributed by atoms with E-state index in [1.165, 1.54) is 38.8 Å². The zero-order chi connectivity index (χ0) is 9.57. The van der Waals surface area contributed by atoms with Gasteiger partial charge in [0.05, 0.1) is 6.61 Å². The van der Waals surface area contributed by atoms with Crippen LogP contribution in [-0.4, -0.2) is 26.3 Å². The molecule has 13 heavy (non-hydrogen) atoms. The molecule has 0 unspecified atom stereocenters. The fourth-order valence-electron chi connectivity index (χ4n) is 2.27. The van der Waals surface area contributed by atoms with Gasteiger partial charge in [-0.15, -0.1) is 0 Å². The molecule has 1 saturated heterocycles. The first kappa shape index (κ1) is 11.0. The molecule has 1 aliphatic heterocycles. The number of ether oxygens (including phenoxy) is 1. The lowest BCUT2D eigenvalue weighted by Crippen LogP contribution is -2.39. The van der Waals surface area contributed by atoms with Crippen molar-refractivity contribution >= 4 is 0 Å². The van der Waals surface area contributed by atoms with Gasteiger partial charge < -0.3 is 10.1 Å². The second kappa shape index (κ2) is 5.61. The first-order chi connectivity index (χ1) is 6.33. The summed E-state index contributed by atoms with van der Waals surface area (Å²) in [6.07, 6.45) is 5.20. The Bertz CT molecular complexity index is 125. The minimum Gasteiger partial charge on any atom is -0.381 e. The Morgan fingerprint density at radius 2 is 1.92 bits per heavy atom. The second-order valence-electron chi connectivity index (χ2n) is 4.14. The van der Waals surface area contributed by atoms with Crippen LogP contribution in [0.2, 0.25) is 0 Å². The number of hydrogen-bond donors (Lipinski definition) is 1. The quantitative estimate of drug-likeness (QED) is 0.709. The number of nitrogens with one attached hydrogen (secondary N) is 1. The highest BCUT2D eigenvalue weighted by atomic mass is 16.5. The molecule has 0 aromatic heterocycles. The first-order valence-corrected chi connectivity index (χ1v) is 5.61. The van der Waals surface area contributed by atoms with E-state index in [-0.39, 0.29) is 0 Å². The maximum absolute atomic E-state index is 5.60. The lowest BCUT2D eigenvalue weighted by molar-refractivity contribution is 0.0239. The average molecular weight is 185 g/mol. The molecular formula is C11H23NO. The molecule has 1 fully saturated rings. The van der Waals surface area contributed by atoms with E-state index in [1.807, 2.05) is 0 Å². The second-order valence-corrected chi connectivity index (χ2v) is 4.14. The summed E-state index contributed by atoms with van der Waals surface area (Å²) in [7, 11) is 0. The van der Waals surface area contributed by atoms with Gasteiger partial charge in [0.1, 0.15) is 0 Å². The van der Waals surface area contributed by atoms with Gasteiger partial charge in [0, 0.05) is 6.61 Å².